The number of morpholine rings is 1. The van der Waals surface area contributed by atoms with Gasteiger partial charge >= 0.3 is 6.09 Å². The molecule has 0 unspecified atom stereocenters. The molecule has 1 aliphatic rings. The van der Waals surface area contributed by atoms with Crippen LogP contribution in [0.5, 0.6) is 0 Å². The van der Waals surface area contributed by atoms with Crippen molar-refractivity contribution in [2.24, 2.45) is 0 Å². The Balaban J connectivity index is 1.63. The standard InChI is InChI=1S/C36H46ClFN2O5Si/c1-34(2,3)45-33(42)40-22-31(32(41)39-36(7,8)29-21-25(38)19-20-30(29)37)43-23-26(40)24-44-46(35(4,5)6,27-15-11-9-12-16-27)28-17-13-10-14-18-28/h9-21,26,31H,22-24H2,1-8H3,(H,39,41)/t26-,31-/m0/s1. The average molecular weight is 669 g/mol. The summed E-state index contributed by atoms with van der Waals surface area (Å²) in [6.07, 6.45) is -1.56. The molecule has 1 aliphatic heterocycles. The molecule has 3 aromatic rings. The van der Waals surface area contributed by atoms with Crippen LogP contribution in [0.1, 0.15) is 61.0 Å². The predicted octanol–water partition coefficient (Wildman–Crippen LogP) is 6.41. The second-order valence-electron chi connectivity index (χ2n) is 14.3. The third-order valence-corrected chi connectivity index (χ3v) is 13.5. The first-order chi connectivity index (χ1) is 21.4. The van der Waals surface area contributed by atoms with Crippen molar-refractivity contribution in [3.63, 3.8) is 0 Å². The maximum atomic E-state index is 14.1. The number of amides is 2. The lowest BCUT2D eigenvalue weighted by atomic mass is 9.93. The molecule has 46 heavy (non-hydrogen) atoms. The van der Waals surface area contributed by atoms with E-state index in [-0.39, 0.29) is 24.8 Å². The second-order valence-corrected chi connectivity index (χ2v) is 19.0. The Bertz CT molecular complexity index is 1470. The number of ether oxygens (including phenoxy) is 2. The molecule has 2 atom stereocenters. The SMILES string of the molecule is CC(C)(C)OC(=O)N1C[C@@H](C(=O)NC(C)(C)c2cc(F)ccc2Cl)OC[C@H]1CO[Si](c1ccccc1)(c1ccccc1)C(C)(C)C. The number of halogens is 2. The van der Waals surface area contributed by atoms with Gasteiger partial charge in [0, 0.05) is 5.02 Å². The summed E-state index contributed by atoms with van der Waals surface area (Å²) in [6, 6.07) is 24.0. The van der Waals surface area contributed by atoms with Crippen molar-refractivity contribution in [3.05, 3.63) is 95.3 Å². The van der Waals surface area contributed by atoms with Gasteiger partial charge in [-0.05, 0) is 73.8 Å². The van der Waals surface area contributed by atoms with Crippen molar-refractivity contribution in [3.8, 4) is 0 Å². The molecule has 1 fully saturated rings. The average Bonchev–Trinajstić information content (AvgIpc) is 2.98. The zero-order valence-electron chi connectivity index (χ0n) is 28.0. The molecule has 1 saturated heterocycles. The summed E-state index contributed by atoms with van der Waals surface area (Å²) in [4.78, 5) is 28.8. The highest BCUT2D eigenvalue weighted by atomic mass is 35.5. The topological polar surface area (TPSA) is 77.1 Å². The monoisotopic (exact) mass is 668 g/mol. The van der Waals surface area contributed by atoms with Gasteiger partial charge in [0.05, 0.1) is 31.3 Å². The molecule has 0 aliphatic carbocycles. The highest BCUT2D eigenvalue weighted by molar-refractivity contribution is 6.99. The number of hydrogen-bond donors (Lipinski definition) is 1. The molecular weight excluding hydrogens is 623 g/mol. The number of rotatable bonds is 8. The maximum absolute atomic E-state index is 14.1. The third-order valence-electron chi connectivity index (χ3n) is 8.16. The van der Waals surface area contributed by atoms with Gasteiger partial charge in [0.15, 0.2) is 6.10 Å². The van der Waals surface area contributed by atoms with Crippen molar-refractivity contribution < 1.29 is 27.9 Å². The van der Waals surface area contributed by atoms with Crippen LogP contribution >= 0.6 is 11.6 Å². The fourth-order valence-electron chi connectivity index (χ4n) is 5.95. The Hall–Kier alpha value is -3.24. The summed E-state index contributed by atoms with van der Waals surface area (Å²) in [7, 11) is -2.92. The highest BCUT2D eigenvalue weighted by Crippen LogP contribution is 2.37. The first-order valence-electron chi connectivity index (χ1n) is 15.6. The minimum atomic E-state index is -2.92. The van der Waals surface area contributed by atoms with E-state index in [1.807, 2.05) is 36.4 Å². The molecule has 4 rings (SSSR count). The van der Waals surface area contributed by atoms with Gasteiger partial charge < -0.3 is 19.2 Å². The molecule has 0 spiro atoms. The van der Waals surface area contributed by atoms with E-state index < -0.39 is 49.4 Å². The van der Waals surface area contributed by atoms with E-state index in [9.17, 15) is 14.0 Å². The third kappa shape index (κ3) is 8.00. The van der Waals surface area contributed by atoms with Crippen LogP contribution < -0.4 is 15.7 Å². The zero-order valence-corrected chi connectivity index (χ0v) is 29.8. The Morgan fingerprint density at radius 2 is 1.50 bits per heavy atom. The number of nitrogens with one attached hydrogen (secondary N) is 1. The first kappa shape index (κ1) is 35.6. The van der Waals surface area contributed by atoms with Gasteiger partial charge in [-0.15, -0.1) is 0 Å². The van der Waals surface area contributed by atoms with Gasteiger partial charge in [-0.1, -0.05) is 93.0 Å². The Kier molecular flexibility index (Phi) is 10.7. The van der Waals surface area contributed by atoms with E-state index in [0.29, 0.717) is 10.6 Å². The van der Waals surface area contributed by atoms with E-state index in [1.165, 1.54) is 18.2 Å². The van der Waals surface area contributed by atoms with Crippen LogP contribution in [0.25, 0.3) is 0 Å². The maximum Gasteiger partial charge on any atom is 0.410 e. The van der Waals surface area contributed by atoms with Crippen molar-refractivity contribution in [1.82, 2.24) is 10.2 Å². The van der Waals surface area contributed by atoms with Gasteiger partial charge in [0.25, 0.3) is 14.2 Å². The zero-order chi connectivity index (χ0) is 33.9. The Morgan fingerprint density at radius 3 is 2.02 bits per heavy atom. The minimum absolute atomic E-state index is 0.0523. The number of nitrogens with zero attached hydrogens (tertiary/aromatic N) is 1. The van der Waals surface area contributed by atoms with Gasteiger partial charge in [0.2, 0.25) is 0 Å². The quantitative estimate of drug-likeness (QED) is 0.281. The van der Waals surface area contributed by atoms with Crippen LogP contribution in [-0.4, -0.2) is 62.7 Å². The second kappa shape index (κ2) is 13.9. The van der Waals surface area contributed by atoms with Gasteiger partial charge in [-0.25, -0.2) is 9.18 Å². The lowest BCUT2D eigenvalue weighted by molar-refractivity contribution is -0.144. The summed E-state index contributed by atoms with van der Waals surface area (Å²) in [5.41, 5.74) is -1.34. The Labute approximate surface area is 278 Å². The van der Waals surface area contributed by atoms with E-state index in [4.69, 9.17) is 25.5 Å². The molecule has 248 valence electrons. The molecule has 0 aromatic heterocycles. The molecule has 0 radical (unpaired) electrons. The Morgan fingerprint density at radius 1 is 0.935 bits per heavy atom. The van der Waals surface area contributed by atoms with Gasteiger partial charge in [0.1, 0.15) is 11.4 Å². The van der Waals surface area contributed by atoms with E-state index >= 15 is 0 Å². The summed E-state index contributed by atoms with van der Waals surface area (Å²) >= 11 is 6.36. The molecule has 0 bridgehead atoms. The van der Waals surface area contributed by atoms with Crippen molar-refractivity contribution in [2.45, 2.75) is 83.7 Å². The van der Waals surface area contributed by atoms with Gasteiger partial charge in [-0.2, -0.15) is 0 Å². The lowest BCUT2D eigenvalue weighted by Crippen LogP contribution is -2.68. The fourth-order valence-corrected chi connectivity index (χ4v) is 10.9. The molecule has 3 aromatic carbocycles. The number of carbonyl (C=O) groups is 2. The van der Waals surface area contributed by atoms with Crippen LogP contribution in [0.3, 0.4) is 0 Å². The summed E-state index contributed by atoms with van der Waals surface area (Å²) in [6.45, 7) is 15.6. The molecule has 7 nitrogen and oxygen atoms in total. The summed E-state index contributed by atoms with van der Waals surface area (Å²) in [5, 5.41) is 5.22. The van der Waals surface area contributed by atoms with E-state index in [1.54, 1.807) is 39.5 Å². The van der Waals surface area contributed by atoms with E-state index in [2.05, 4.69) is 50.4 Å². The summed E-state index contributed by atoms with van der Waals surface area (Å²) in [5.74, 6) is -0.916. The molecule has 1 N–H and O–H groups in total. The first-order valence-corrected chi connectivity index (χ1v) is 17.9. The van der Waals surface area contributed by atoms with Crippen LogP contribution in [0.15, 0.2) is 78.9 Å². The minimum Gasteiger partial charge on any atom is -0.444 e. The predicted molar refractivity (Wildman–Crippen MR) is 183 cm³/mol. The molecule has 1 heterocycles. The van der Waals surface area contributed by atoms with Crippen LogP contribution in [0.2, 0.25) is 10.1 Å². The number of benzene rings is 3. The molecule has 0 saturated carbocycles. The smallest absolute Gasteiger partial charge is 0.410 e. The largest absolute Gasteiger partial charge is 0.444 e. The van der Waals surface area contributed by atoms with Crippen LogP contribution in [0.4, 0.5) is 9.18 Å². The fraction of sp³-hybridized carbons (Fsp3) is 0.444. The number of hydrogen-bond acceptors (Lipinski definition) is 5. The molecule has 2 amide bonds. The van der Waals surface area contributed by atoms with Crippen molar-refractivity contribution in [1.29, 1.82) is 0 Å². The van der Waals surface area contributed by atoms with Crippen LogP contribution in [-0.2, 0) is 24.2 Å². The normalized spacial score (nSPS) is 17.8. The lowest BCUT2D eigenvalue weighted by Gasteiger charge is -2.46. The van der Waals surface area contributed by atoms with Crippen molar-refractivity contribution in [2.75, 3.05) is 19.8 Å². The van der Waals surface area contributed by atoms with Crippen molar-refractivity contribution >= 4 is 42.3 Å². The van der Waals surface area contributed by atoms with Crippen LogP contribution in [0, 0.1) is 5.82 Å². The van der Waals surface area contributed by atoms with Gasteiger partial charge in [-0.3, -0.25) is 9.69 Å². The number of carbonyl (C=O) groups excluding carboxylic acids is 2. The highest BCUT2D eigenvalue weighted by Gasteiger charge is 2.51. The summed E-state index contributed by atoms with van der Waals surface area (Å²) < 4.78 is 33.1. The molecular formula is C36H46ClFN2O5Si. The molecule has 10 heteroatoms. The van der Waals surface area contributed by atoms with E-state index in [0.717, 1.165) is 10.4 Å².